The van der Waals surface area contributed by atoms with Crippen molar-refractivity contribution in [2.24, 2.45) is 5.92 Å². The Morgan fingerprint density at radius 1 is 1.50 bits per heavy atom. The van der Waals surface area contributed by atoms with E-state index in [4.69, 9.17) is 0 Å². The smallest absolute Gasteiger partial charge is 0.0795 e. The topological polar surface area (TPSA) is 28.2 Å². The van der Waals surface area contributed by atoms with E-state index in [1.54, 1.807) is 11.3 Å². The van der Waals surface area contributed by atoms with Gasteiger partial charge in [-0.1, -0.05) is 20.3 Å². The second-order valence-corrected chi connectivity index (χ2v) is 6.38. The van der Waals surface area contributed by atoms with Crippen molar-refractivity contribution < 1.29 is 0 Å². The number of thiazole rings is 1. The minimum absolute atomic E-state index is 0.491. The Morgan fingerprint density at radius 2 is 2.33 bits per heavy atom. The summed E-state index contributed by atoms with van der Waals surface area (Å²) in [7, 11) is 2.25. The number of hydrogen-bond donors (Lipinski definition) is 1. The van der Waals surface area contributed by atoms with Gasteiger partial charge in [-0.3, -0.25) is 4.90 Å². The van der Waals surface area contributed by atoms with E-state index in [9.17, 15) is 0 Å². The Kier molecular flexibility index (Phi) is 5.15. The van der Waals surface area contributed by atoms with Crippen LogP contribution in [0.25, 0.3) is 0 Å². The van der Waals surface area contributed by atoms with Crippen LogP contribution < -0.4 is 5.32 Å². The van der Waals surface area contributed by atoms with Crippen molar-refractivity contribution in [2.75, 3.05) is 20.1 Å². The number of rotatable bonds is 4. The third-order valence-corrected chi connectivity index (χ3v) is 4.40. The Bertz CT molecular complexity index is 337. The van der Waals surface area contributed by atoms with Gasteiger partial charge in [-0.2, -0.15) is 0 Å². The summed E-state index contributed by atoms with van der Waals surface area (Å²) in [6.07, 6.45) is 3.97. The van der Waals surface area contributed by atoms with Crippen LogP contribution in [0.2, 0.25) is 0 Å². The van der Waals surface area contributed by atoms with Crippen LogP contribution in [0.15, 0.2) is 10.9 Å². The molecule has 0 spiro atoms. The molecule has 2 atom stereocenters. The lowest BCUT2D eigenvalue weighted by Crippen LogP contribution is -2.37. The molecule has 2 unspecified atom stereocenters. The molecule has 0 radical (unpaired) electrons. The van der Waals surface area contributed by atoms with Gasteiger partial charge in [-0.15, -0.1) is 11.3 Å². The van der Waals surface area contributed by atoms with Crippen molar-refractivity contribution in [3.8, 4) is 0 Å². The maximum Gasteiger partial charge on any atom is 0.0795 e. The largest absolute Gasteiger partial charge is 0.314 e. The number of nitrogens with one attached hydrogen (secondary N) is 1. The Balaban J connectivity index is 2.11. The molecule has 1 fully saturated rings. The zero-order valence-corrected chi connectivity index (χ0v) is 12.5. The summed E-state index contributed by atoms with van der Waals surface area (Å²) in [5.74, 6) is 0.682. The van der Waals surface area contributed by atoms with E-state index in [1.807, 2.05) is 5.51 Å². The van der Waals surface area contributed by atoms with Crippen LogP contribution >= 0.6 is 11.3 Å². The predicted molar refractivity (Wildman–Crippen MR) is 78.0 cm³/mol. The van der Waals surface area contributed by atoms with Crippen LogP contribution in [-0.2, 0) is 0 Å². The summed E-state index contributed by atoms with van der Waals surface area (Å²) in [6.45, 7) is 6.74. The molecule has 0 aliphatic carbocycles. The van der Waals surface area contributed by atoms with Gasteiger partial charge in [0.2, 0.25) is 0 Å². The van der Waals surface area contributed by atoms with E-state index in [0.717, 1.165) is 6.54 Å². The van der Waals surface area contributed by atoms with E-state index < -0.39 is 0 Å². The molecular formula is C14H25N3S. The van der Waals surface area contributed by atoms with Gasteiger partial charge in [0, 0.05) is 18.0 Å². The molecule has 0 aromatic carbocycles. The third-order valence-electron chi connectivity index (χ3n) is 3.80. The van der Waals surface area contributed by atoms with Crippen LogP contribution in [0.4, 0.5) is 0 Å². The lowest BCUT2D eigenvalue weighted by molar-refractivity contribution is 0.183. The van der Waals surface area contributed by atoms with E-state index in [2.05, 4.69) is 41.5 Å². The summed E-state index contributed by atoms with van der Waals surface area (Å²) in [5.41, 5.74) is 3.22. The monoisotopic (exact) mass is 267 g/mol. The van der Waals surface area contributed by atoms with Crippen LogP contribution in [0.1, 0.15) is 44.8 Å². The van der Waals surface area contributed by atoms with Crippen molar-refractivity contribution >= 4 is 11.3 Å². The number of hydrogen-bond acceptors (Lipinski definition) is 4. The van der Waals surface area contributed by atoms with E-state index >= 15 is 0 Å². The zero-order chi connectivity index (χ0) is 13.0. The van der Waals surface area contributed by atoms with Crippen LogP contribution in [0.5, 0.6) is 0 Å². The molecule has 1 N–H and O–H groups in total. The predicted octanol–water partition coefficient (Wildman–Crippen LogP) is 2.91. The molecule has 1 aliphatic rings. The van der Waals surface area contributed by atoms with Crippen LogP contribution in [0, 0.1) is 5.92 Å². The summed E-state index contributed by atoms with van der Waals surface area (Å²) in [4.78, 5) is 7.05. The van der Waals surface area contributed by atoms with Crippen LogP contribution in [0.3, 0.4) is 0 Å². The fourth-order valence-electron chi connectivity index (χ4n) is 2.86. The van der Waals surface area contributed by atoms with Gasteiger partial charge in [0.1, 0.15) is 0 Å². The molecule has 0 bridgehead atoms. The highest BCUT2D eigenvalue weighted by Gasteiger charge is 2.30. The second kappa shape index (κ2) is 6.64. The highest BCUT2D eigenvalue weighted by atomic mass is 32.1. The summed E-state index contributed by atoms with van der Waals surface area (Å²) in [5, 5.41) is 5.82. The average Bonchev–Trinajstić information content (AvgIpc) is 2.78. The molecule has 0 amide bonds. The molecule has 3 nitrogen and oxygen atoms in total. The van der Waals surface area contributed by atoms with E-state index in [0.29, 0.717) is 18.0 Å². The Hall–Kier alpha value is -0.450. The molecule has 2 rings (SSSR count). The number of likely N-dealkylation sites (tertiary alicyclic amines) is 1. The first-order valence-electron chi connectivity index (χ1n) is 7.00. The van der Waals surface area contributed by atoms with Crippen molar-refractivity contribution in [3.05, 3.63) is 16.6 Å². The molecule has 102 valence electrons. The van der Waals surface area contributed by atoms with Gasteiger partial charge in [0.05, 0.1) is 17.2 Å². The molecule has 2 heterocycles. The molecule has 4 heteroatoms. The van der Waals surface area contributed by atoms with Gasteiger partial charge in [-0.05, 0) is 32.4 Å². The SMILES string of the molecule is CC(C)NCC1CCCCN(C)C1c1cscn1. The standard InChI is InChI=1S/C14H25N3S/c1-11(2)15-8-12-6-4-5-7-17(3)14(12)13-9-18-10-16-13/h9-12,14-15H,4-8H2,1-3H3. The summed E-state index contributed by atoms with van der Waals surface area (Å²) >= 11 is 1.71. The van der Waals surface area contributed by atoms with Crippen molar-refractivity contribution in [2.45, 2.75) is 45.2 Å². The second-order valence-electron chi connectivity index (χ2n) is 5.66. The summed E-state index contributed by atoms with van der Waals surface area (Å²) < 4.78 is 0. The van der Waals surface area contributed by atoms with Gasteiger partial charge < -0.3 is 5.32 Å². The van der Waals surface area contributed by atoms with Gasteiger partial charge in [0.25, 0.3) is 0 Å². The molecule has 1 aromatic rings. The fourth-order valence-corrected chi connectivity index (χ4v) is 3.44. The van der Waals surface area contributed by atoms with Gasteiger partial charge >= 0.3 is 0 Å². The van der Waals surface area contributed by atoms with Crippen molar-refractivity contribution in [3.63, 3.8) is 0 Å². The highest BCUT2D eigenvalue weighted by Crippen LogP contribution is 2.33. The Morgan fingerprint density at radius 3 is 3.00 bits per heavy atom. The number of aromatic nitrogens is 1. The molecule has 1 aliphatic heterocycles. The minimum Gasteiger partial charge on any atom is -0.314 e. The lowest BCUT2D eigenvalue weighted by Gasteiger charge is -2.31. The molecule has 18 heavy (non-hydrogen) atoms. The van der Waals surface area contributed by atoms with E-state index in [-0.39, 0.29) is 0 Å². The maximum atomic E-state index is 4.56. The lowest BCUT2D eigenvalue weighted by atomic mass is 9.92. The van der Waals surface area contributed by atoms with Gasteiger partial charge in [-0.25, -0.2) is 4.98 Å². The average molecular weight is 267 g/mol. The zero-order valence-electron chi connectivity index (χ0n) is 11.7. The fraction of sp³-hybridized carbons (Fsp3) is 0.786. The first kappa shape index (κ1) is 14.0. The maximum absolute atomic E-state index is 4.56. The molecule has 1 saturated heterocycles. The Labute approximate surface area is 115 Å². The van der Waals surface area contributed by atoms with E-state index in [1.165, 1.54) is 31.5 Å². The summed E-state index contributed by atoms with van der Waals surface area (Å²) in [6, 6.07) is 1.06. The van der Waals surface area contributed by atoms with Crippen molar-refractivity contribution in [1.29, 1.82) is 0 Å². The molecule has 1 aromatic heterocycles. The molecule has 0 saturated carbocycles. The first-order chi connectivity index (χ1) is 8.68. The normalized spacial score (nSPS) is 26.4. The molecular weight excluding hydrogens is 242 g/mol. The van der Waals surface area contributed by atoms with Gasteiger partial charge in [0.15, 0.2) is 0 Å². The first-order valence-corrected chi connectivity index (χ1v) is 7.94. The van der Waals surface area contributed by atoms with Crippen molar-refractivity contribution in [1.82, 2.24) is 15.2 Å². The minimum atomic E-state index is 0.491. The van der Waals surface area contributed by atoms with Crippen LogP contribution in [-0.4, -0.2) is 36.1 Å². The third kappa shape index (κ3) is 3.53. The highest BCUT2D eigenvalue weighted by molar-refractivity contribution is 7.07. The quantitative estimate of drug-likeness (QED) is 0.909. The number of nitrogens with zero attached hydrogens (tertiary/aromatic N) is 2.